The van der Waals surface area contributed by atoms with E-state index in [9.17, 15) is 21.4 Å². The van der Waals surface area contributed by atoms with Crippen LogP contribution in [-0.4, -0.2) is 52.4 Å². The van der Waals surface area contributed by atoms with E-state index in [1.165, 1.54) is 0 Å². The second-order valence-corrected chi connectivity index (χ2v) is 8.24. The first kappa shape index (κ1) is 21.1. The van der Waals surface area contributed by atoms with Crippen molar-refractivity contribution in [2.45, 2.75) is 9.79 Å². The number of tetrazole rings is 1. The molecule has 2 aromatic carbocycles. The summed E-state index contributed by atoms with van der Waals surface area (Å²) in [6, 6.07) is 10.9. The highest BCUT2D eigenvalue weighted by Gasteiger charge is 2.20. The molecule has 1 heterocycles. The Bertz CT molecular complexity index is 1310. The molecule has 0 aliphatic carbocycles. The maximum absolute atomic E-state index is 11.7. The number of aromatic nitrogens is 4. The van der Waals surface area contributed by atoms with Crippen molar-refractivity contribution >= 4 is 37.7 Å². The van der Waals surface area contributed by atoms with Crippen LogP contribution in [0.4, 0.5) is 11.6 Å². The van der Waals surface area contributed by atoms with E-state index in [1.807, 2.05) is 0 Å². The average Bonchev–Trinajstić information content (AvgIpc) is 3.21. The van der Waals surface area contributed by atoms with Crippen LogP contribution in [0.2, 0.25) is 0 Å². The fourth-order valence-corrected chi connectivity index (χ4v) is 3.35. The number of nitrogens with zero attached hydrogens (tertiary/aromatic N) is 6. The predicted molar refractivity (Wildman–Crippen MR) is 101 cm³/mol. The predicted octanol–water partition coefficient (Wildman–Crippen LogP) is 1.25. The van der Waals surface area contributed by atoms with Gasteiger partial charge >= 0.3 is 5.95 Å². The van der Waals surface area contributed by atoms with Gasteiger partial charge in [-0.2, -0.15) is 27.2 Å². The molecule has 0 aliphatic heterocycles. The molecule has 0 unspecified atom stereocenters. The molecule has 4 N–H and O–H groups in total. The van der Waals surface area contributed by atoms with Gasteiger partial charge in [0.2, 0.25) is 5.84 Å². The number of hydrogen-bond acceptors (Lipinski definition) is 10. The number of aromatic amines is 1. The maximum atomic E-state index is 11.7. The quantitative estimate of drug-likeness (QED) is 0.138. The monoisotopic (exact) mass is 452 g/mol. The zero-order valence-corrected chi connectivity index (χ0v) is 16.3. The summed E-state index contributed by atoms with van der Waals surface area (Å²) in [6.07, 6.45) is 0. The van der Waals surface area contributed by atoms with Gasteiger partial charge in [0.05, 0.1) is 10.6 Å². The Balaban J connectivity index is 2.03. The van der Waals surface area contributed by atoms with Crippen LogP contribution in [0, 0.1) is 0 Å². The van der Waals surface area contributed by atoms with Crippen LogP contribution in [0.1, 0.15) is 5.56 Å². The summed E-state index contributed by atoms with van der Waals surface area (Å²) in [5.74, 6) is -0.115. The first-order valence-electron chi connectivity index (χ1n) is 7.78. The third kappa shape index (κ3) is 5.26. The molecule has 0 bridgehead atoms. The summed E-state index contributed by atoms with van der Waals surface area (Å²) < 4.78 is 64.3. The molecular weight excluding hydrogens is 440 g/mol. The van der Waals surface area contributed by atoms with Crippen molar-refractivity contribution in [3.05, 3.63) is 54.1 Å². The number of amidine groups is 1. The molecule has 0 aliphatic rings. The standard InChI is InChI=1S/C14H12N8O6S2/c23-29(24,25)10-6-7-11(12(8-10)30(26,27)28)15-16-13(9-4-2-1-3-5-9)17-18-14-19-21-22-20-14/h1-8,15H,(H,23,24,25)(H,26,27,28)(H,19,20,21,22). The summed E-state index contributed by atoms with van der Waals surface area (Å²) in [4.78, 5) is -1.56. The second kappa shape index (κ2) is 8.41. The number of anilines is 1. The zero-order chi connectivity index (χ0) is 21.8. The molecule has 1 aromatic heterocycles. The first-order valence-corrected chi connectivity index (χ1v) is 10.7. The van der Waals surface area contributed by atoms with E-state index in [0.717, 1.165) is 12.1 Å². The van der Waals surface area contributed by atoms with E-state index in [0.29, 0.717) is 11.6 Å². The van der Waals surface area contributed by atoms with E-state index >= 15 is 0 Å². The van der Waals surface area contributed by atoms with Gasteiger partial charge in [0, 0.05) is 5.56 Å². The van der Waals surface area contributed by atoms with Gasteiger partial charge in [-0.05, 0) is 23.4 Å². The van der Waals surface area contributed by atoms with E-state index in [2.05, 4.69) is 41.4 Å². The Morgan fingerprint density at radius 1 is 1.00 bits per heavy atom. The lowest BCUT2D eigenvalue weighted by Crippen LogP contribution is -2.08. The molecule has 0 atom stereocenters. The van der Waals surface area contributed by atoms with E-state index in [-0.39, 0.29) is 17.5 Å². The van der Waals surface area contributed by atoms with Crippen molar-refractivity contribution in [1.82, 2.24) is 20.6 Å². The van der Waals surface area contributed by atoms with Gasteiger partial charge in [-0.3, -0.25) is 14.5 Å². The zero-order valence-electron chi connectivity index (χ0n) is 14.6. The van der Waals surface area contributed by atoms with Crippen molar-refractivity contribution in [2.24, 2.45) is 15.3 Å². The van der Waals surface area contributed by atoms with Crippen LogP contribution in [0.15, 0.2) is 73.7 Å². The summed E-state index contributed by atoms with van der Waals surface area (Å²) in [7, 11) is -9.58. The molecule has 0 fully saturated rings. The number of azo groups is 1. The lowest BCUT2D eigenvalue weighted by atomic mass is 10.2. The molecule has 30 heavy (non-hydrogen) atoms. The average molecular weight is 452 g/mol. The van der Waals surface area contributed by atoms with Gasteiger partial charge < -0.3 is 0 Å². The Morgan fingerprint density at radius 3 is 2.33 bits per heavy atom. The minimum absolute atomic E-state index is 0.0273. The fraction of sp³-hybridized carbons (Fsp3) is 0. The Labute approximate surface area is 169 Å². The molecular formula is C14H12N8O6S2. The van der Waals surface area contributed by atoms with Crippen molar-refractivity contribution in [3.63, 3.8) is 0 Å². The largest absolute Gasteiger partial charge is 0.307 e. The van der Waals surface area contributed by atoms with Gasteiger partial charge in [0.25, 0.3) is 20.2 Å². The molecule has 0 saturated carbocycles. The molecule has 16 heteroatoms. The Kier molecular flexibility index (Phi) is 5.92. The van der Waals surface area contributed by atoms with E-state index < -0.39 is 30.0 Å². The third-order valence-corrected chi connectivity index (χ3v) is 5.15. The van der Waals surface area contributed by atoms with Crippen LogP contribution in [-0.2, 0) is 20.2 Å². The molecule has 0 radical (unpaired) electrons. The van der Waals surface area contributed by atoms with Crippen molar-refractivity contribution in [3.8, 4) is 0 Å². The van der Waals surface area contributed by atoms with Gasteiger partial charge in [-0.15, -0.1) is 15.3 Å². The molecule has 156 valence electrons. The number of hydrazone groups is 1. The van der Waals surface area contributed by atoms with Crippen LogP contribution in [0.5, 0.6) is 0 Å². The van der Waals surface area contributed by atoms with Crippen LogP contribution >= 0.6 is 0 Å². The molecule has 14 nitrogen and oxygen atoms in total. The Morgan fingerprint density at radius 2 is 1.73 bits per heavy atom. The summed E-state index contributed by atoms with van der Waals surface area (Å²) in [5.41, 5.74) is 2.57. The van der Waals surface area contributed by atoms with E-state index in [4.69, 9.17) is 4.55 Å². The lowest BCUT2D eigenvalue weighted by molar-refractivity contribution is 0.481. The lowest BCUT2D eigenvalue weighted by Gasteiger charge is -2.09. The molecule has 0 spiro atoms. The molecule has 0 amide bonds. The van der Waals surface area contributed by atoms with Crippen LogP contribution in [0.25, 0.3) is 0 Å². The van der Waals surface area contributed by atoms with Gasteiger partial charge in [0.1, 0.15) is 4.90 Å². The smallest absolute Gasteiger partial charge is 0.282 e. The minimum atomic E-state index is -4.87. The first-order chi connectivity index (χ1) is 14.1. The Hall–Kier alpha value is -3.60. The van der Waals surface area contributed by atoms with Gasteiger partial charge in [-0.25, -0.2) is 0 Å². The normalized spacial score (nSPS) is 12.9. The van der Waals surface area contributed by atoms with Crippen LogP contribution < -0.4 is 5.43 Å². The fourth-order valence-electron chi connectivity index (χ4n) is 2.10. The summed E-state index contributed by atoms with van der Waals surface area (Å²) in [5, 5.41) is 24.3. The number of nitrogens with one attached hydrogen (secondary N) is 2. The SMILES string of the molecule is O=S(=O)(O)c1ccc(NN=C(N=Nc2nn[nH]n2)c2ccccc2)c(S(=O)(=O)O)c1. The van der Waals surface area contributed by atoms with E-state index in [1.54, 1.807) is 30.3 Å². The number of rotatable bonds is 6. The highest BCUT2D eigenvalue weighted by molar-refractivity contribution is 7.86. The highest BCUT2D eigenvalue weighted by atomic mass is 32.2. The topological polar surface area (TPSA) is 212 Å². The minimum Gasteiger partial charge on any atom is -0.282 e. The van der Waals surface area contributed by atoms with Crippen LogP contribution in [0.3, 0.4) is 0 Å². The maximum Gasteiger partial charge on any atom is 0.307 e. The number of H-pyrrole nitrogens is 1. The van der Waals surface area contributed by atoms with Crippen molar-refractivity contribution < 1.29 is 25.9 Å². The molecule has 0 saturated heterocycles. The second-order valence-electron chi connectivity index (χ2n) is 5.43. The third-order valence-electron chi connectivity index (χ3n) is 3.41. The number of benzene rings is 2. The molecule has 3 aromatic rings. The summed E-state index contributed by atoms with van der Waals surface area (Å²) in [6.45, 7) is 0. The summed E-state index contributed by atoms with van der Waals surface area (Å²) >= 11 is 0. The van der Waals surface area contributed by atoms with Crippen molar-refractivity contribution in [2.75, 3.05) is 5.43 Å². The number of hydrogen-bond donors (Lipinski definition) is 4. The van der Waals surface area contributed by atoms with Crippen molar-refractivity contribution in [1.29, 1.82) is 0 Å². The molecule has 3 rings (SSSR count). The highest BCUT2D eigenvalue weighted by Crippen LogP contribution is 2.25. The van der Waals surface area contributed by atoms with Gasteiger partial charge in [-0.1, -0.05) is 35.4 Å². The van der Waals surface area contributed by atoms with Gasteiger partial charge in [0.15, 0.2) is 0 Å².